The van der Waals surface area contributed by atoms with Gasteiger partial charge in [0.15, 0.2) is 0 Å². The SMILES string of the molecule is CCC1CN(CC)C(=O)C1(CC)CC.[SiH3]O[SiH3]. The first kappa shape index (κ1) is 16.9. The van der Waals surface area contributed by atoms with E-state index in [4.69, 9.17) is 0 Å². The van der Waals surface area contributed by atoms with Gasteiger partial charge in [-0.3, -0.25) is 4.79 Å². The van der Waals surface area contributed by atoms with Crippen LogP contribution in [0.15, 0.2) is 0 Å². The number of likely N-dealkylation sites (tertiary alicyclic amines) is 1. The molecule has 0 aromatic carbocycles. The van der Waals surface area contributed by atoms with Gasteiger partial charge in [-0.05, 0) is 25.7 Å². The molecule has 1 saturated heterocycles. The molecule has 102 valence electrons. The molecule has 1 atom stereocenters. The molecule has 5 heteroatoms. The van der Waals surface area contributed by atoms with E-state index in [1.807, 2.05) is 4.90 Å². The van der Waals surface area contributed by atoms with E-state index in [-0.39, 0.29) is 5.41 Å². The summed E-state index contributed by atoms with van der Waals surface area (Å²) in [5.74, 6) is 0.974. The monoisotopic (exact) mass is 275 g/mol. The minimum Gasteiger partial charge on any atom is -0.471 e. The number of hydrogen-bond donors (Lipinski definition) is 0. The molecule has 1 rings (SSSR count). The van der Waals surface area contributed by atoms with Gasteiger partial charge in [-0.15, -0.1) is 0 Å². The normalized spacial score (nSPS) is 22.7. The van der Waals surface area contributed by atoms with Crippen molar-refractivity contribution in [2.24, 2.45) is 11.3 Å². The lowest BCUT2D eigenvalue weighted by Gasteiger charge is -2.29. The average molecular weight is 276 g/mol. The maximum absolute atomic E-state index is 12.2. The Morgan fingerprint density at radius 2 is 1.76 bits per heavy atom. The summed E-state index contributed by atoms with van der Waals surface area (Å²) < 4.78 is 4.53. The van der Waals surface area contributed by atoms with Crippen molar-refractivity contribution >= 4 is 26.9 Å². The largest absolute Gasteiger partial charge is 0.471 e. The van der Waals surface area contributed by atoms with Gasteiger partial charge in [0, 0.05) is 13.1 Å². The predicted octanol–water partition coefficient (Wildman–Crippen LogP) is 0.245. The molecule has 0 spiro atoms. The van der Waals surface area contributed by atoms with E-state index in [2.05, 4.69) is 31.8 Å². The van der Waals surface area contributed by atoms with Gasteiger partial charge in [-0.25, -0.2) is 0 Å². The first-order chi connectivity index (χ1) is 8.07. The van der Waals surface area contributed by atoms with Crippen LogP contribution in [0.3, 0.4) is 0 Å². The van der Waals surface area contributed by atoms with Crippen LogP contribution >= 0.6 is 0 Å². The first-order valence-corrected chi connectivity index (χ1v) is 8.40. The third kappa shape index (κ3) is 3.42. The van der Waals surface area contributed by atoms with Crippen LogP contribution in [0.2, 0.25) is 0 Å². The number of nitrogens with zero attached hydrogens (tertiary/aromatic N) is 1. The molecule has 17 heavy (non-hydrogen) atoms. The first-order valence-electron chi connectivity index (χ1n) is 6.77. The third-order valence-corrected chi connectivity index (χ3v) is 4.07. The average Bonchev–Trinajstić information content (AvgIpc) is 2.62. The molecule has 1 heterocycles. The second-order valence-electron chi connectivity index (χ2n) is 4.72. The Kier molecular flexibility index (Phi) is 7.99. The zero-order chi connectivity index (χ0) is 13.5. The lowest BCUT2D eigenvalue weighted by atomic mass is 9.72. The summed E-state index contributed by atoms with van der Waals surface area (Å²) in [4.78, 5) is 14.2. The maximum atomic E-state index is 12.2. The molecule has 0 N–H and O–H groups in total. The number of rotatable bonds is 4. The van der Waals surface area contributed by atoms with Crippen LogP contribution in [0.4, 0.5) is 0 Å². The predicted molar refractivity (Wildman–Crippen MR) is 80.0 cm³/mol. The Morgan fingerprint density at radius 1 is 1.29 bits per heavy atom. The zero-order valence-corrected chi connectivity index (χ0v) is 16.4. The van der Waals surface area contributed by atoms with Crippen LogP contribution in [0.1, 0.15) is 47.0 Å². The second kappa shape index (κ2) is 8.05. The summed E-state index contributed by atoms with van der Waals surface area (Å²) in [7, 11) is 1.86. The van der Waals surface area contributed by atoms with Crippen LogP contribution in [0.25, 0.3) is 0 Å². The molecular formula is C12H29NO2Si2. The van der Waals surface area contributed by atoms with Gasteiger partial charge in [0.25, 0.3) is 0 Å². The molecule has 1 amide bonds. The highest BCUT2D eigenvalue weighted by Gasteiger charge is 2.49. The molecule has 0 saturated carbocycles. The molecular weight excluding hydrogens is 246 g/mol. The molecule has 1 aliphatic rings. The summed E-state index contributed by atoms with van der Waals surface area (Å²) in [6.45, 7) is 10.4. The minimum atomic E-state index is -0.0369. The Morgan fingerprint density at radius 3 is 2.00 bits per heavy atom. The number of hydrogen-bond acceptors (Lipinski definition) is 2. The van der Waals surface area contributed by atoms with Crippen molar-refractivity contribution in [2.45, 2.75) is 47.0 Å². The van der Waals surface area contributed by atoms with Crippen molar-refractivity contribution in [1.29, 1.82) is 0 Å². The smallest absolute Gasteiger partial charge is 0.229 e. The highest BCUT2D eigenvalue weighted by atomic mass is 28.3. The van der Waals surface area contributed by atoms with Crippen molar-refractivity contribution in [3.05, 3.63) is 0 Å². The topological polar surface area (TPSA) is 29.5 Å². The van der Waals surface area contributed by atoms with E-state index < -0.39 is 0 Å². The fourth-order valence-corrected chi connectivity index (χ4v) is 2.94. The van der Waals surface area contributed by atoms with Crippen LogP contribution in [0.5, 0.6) is 0 Å². The Bertz CT molecular complexity index is 233. The molecule has 0 radical (unpaired) electrons. The van der Waals surface area contributed by atoms with E-state index in [0.717, 1.165) is 53.3 Å². The van der Waals surface area contributed by atoms with Gasteiger partial charge >= 0.3 is 0 Å². The fraction of sp³-hybridized carbons (Fsp3) is 0.917. The van der Waals surface area contributed by atoms with Gasteiger partial charge < -0.3 is 9.02 Å². The standard InChI is InChI=1S/C12H23NO.H6OSi2/c1-5-10-9-13(8-4)11(14)12(10,6-2)7-3;2-1-3/h10H,5-9H2,1-4H3;2-3H3. The molecule has 0 aromatic rings. The highest BCUT2D eigenvalue weighted by molar-refractivity contribution is 6.15. The van der Waals surface area contributed by atoms with Crippen molar-refractivity contribution in [3.8, 4) is 0 Å². The minimum absolute atomic E-state index is 0.0369. The van der Waals surface area contributed by atoms with E-state index in [0.29, 0.717) is 11.8 Å². The molecule has 1 unspecified atom stereocenters. The Hall–Kier alpha value is -0.136. The van der Waals surface area contributed by atoms with Gasteiger partial charge in [0.2, 0.25) is 5.91 Å². The second-order valence-corrected chi connectivity index (χ2v) is 7.99. The maximum Gasteiger partial charge on any atom is 0.229 e. The molecule has 0 aliphatic carbocycles. The van der Waals surface area contributed by atoms with Gasteiger partial charge in [-0.1, -0.05) is 27.2 Å². The van der Waals surface area contributed by atoms with Crippen LogP contribution < -0.4 is 0 Å². The summed E-state index contributed by atoms with van der Waals surface area (Å²) in [5, 5.41) is 0. The summed E-state index contributed by atoms with van der Waals surface area (Å²) in [6, 6.07) is 0. The zero-order valence-electron chi connectivity index (χ0n) is 12.4. The number of carbonyl (C=O) groups is 1. The van der Waals surface area contributed by atoms with Crippen molar-refractivity contribution in [1.82, 2.24) is 4.90 Å². The van der Waals surface area contributed by atoms with Crippen molar-refractivity contribution < 1.29 is 8.91 Å². The van der Waals surface area contributed by atoms with Crippen LogP contribution in [-0.2, 0) is 8.91 Å². The van der Waals surface area contributed by atoms with Gasteiger partial charge in [0.1, 0.15) is 21.0 Å². The Labute approximate surface area is 112 Å². The summed E-state index contributed by atoms with van der Waals surface area (Å²) in [6.07, 6.45) is 3.12. The third-order valence-electron chi connectivity index (χ3n) is 4.07. The lowest BCUT2D eigenvalue weighted by molar-refractivity contribution is -0.137. The highest BCUT2D eigenvalue weighted by Crippen LogP contribution is 2.44. The quantitative estimate of drug-likeness (QED) is 0.688. The molecule has 1 fully saturated rings. The molecule has 1 aliphatic heterocycles. The van der Waals surface area contributed by atoms with E-state index in [9.17, 15) is 4.79 Å². The molecule has 3 nitrogen and oxygen atoms in total. The van der Waals surface area contributed by atoms with Gasteiger partial charge in [-0.2, -0.15) is 0 Å². The van der Waals surface area contributed by atoms with E-state index in [1.54, 1.807) is 0 Å². The number of amides is 1. The van der Waals surface area contributed by atoms with Crippen LogP contribution in [0, 0.1) is 11.3 Å². The van der Waals surface area contributed by atoms with Crippen molar-refractivity contribution in [2.75, 3.05) is 13.1 Å². The summed E-state index contributed by atoms with van der Waals surface area (Å²) in [5.41, 5.74) is -0.0369. The Balaban J connectivity index is 0.000000770. The molecule has 0 bridgehead atoms. The van der Waals surface area contributed by atoms with Crippen LogP contribution in [-0.4, -0.2) is 44.9 Å². The fourth-order valence-electron chi connectivity index (χ4n) is 2.94. The lowest BCUT2D eigenvalue weighted by Crippen LogP contribution is -2.35. The number of carbonyl (C=O) groups excluding carboxylic acids is 1. The van der Waals surface area contributed by atoms with Crippen molar-refractivity contribution in [3.63, 3.8) is 0 Å². The van der Waals surface area contributed by atoms with E-state index >= 15 is 0 Å². The summed E-state index contributed by atoms with van der Waals surface area (Å²) >= 11 is 0. The molecule has 0 aromatic heterocycles. The van der Waals surface area contributed by atoms with E-state index in [1.165, 1.54) is 0 Å². The van der Waals surface area contributed by atoms with Gasteiger partial charge in [0.05, 0.1) is 5.41 Å².